The maximum absolute atomic E-state index is 12.3. The fourth-order valence-corrected chi connectivity index (χ4v) is 2.95. The SMILES string of the molecule is COCC(=O)N1CCc2c(NC(=O)NC(C)(C)CCC(=O)O)cccc21. The molecule has 142 valence electrons. The van der Waals surface area contributed by atoms with Crippen LogP contribution in [0.5, 0.6) is 0 Å². The van der Waals surface area contributed by atoms with Crippen molar-refractivity contribution in [3.63, 3.8) is 0 Å². The van der Waals surface area contributed by atoms with E-state index in [1.807, 2.05) is 6.07 Å². The predicted molar refractivity (Wildman–Crippen MR) is 97.5 cm³/mol. The van der Waals surface area contributed by atoms with Crippen molar-refractivity contribution in [2.75, 3.05) is 30.5 Å². The molecule has 0 aliphatic carbocycles. The number of ether oxygens (including phenoxy) is 1. The minimum Gasteiger partial charge on any atom is -0.481 e. The van der Waals surface area contributed by atoms with E-state index in [-0.39, 0.29) is 18.9 Å². The summed E-state index contributed by atoms with van der Waals surface area (Å²) in [5, 5.41) is 14.4. The second-order valence-corrected chi connectivity index (χ2v) is 6.89. The summed E-state index contributed by atoms with van der Waals surface area (Å²) in [5.41, 5.74) is 1.66. The third-order valence-corrected chi connectivity index (χ3v) is 4.26. The third kappa shape index (κ3) is 4.95. The van der Waals surface area contributed by atoms with Gasteiger partial charge in [0.05, 0.1) is 0 Å². The van der Waals surface area contributed by atoms with Gasteiger partial charge < -0.3 is 25.4 Å². The number of carboxylic acids is 1. The summed E-state index contributed by atoms with van der Waals surface area (Å²) < 4.78 is 4.91. The number of carboxylic acid groups (broad SMARTS) is 1. The second-order valence-electron chi connectivity index (χ2n) is 6.89. The van der Waals surface area contributed by atoms with E-state index in [0.717, 1.165) is 11.3 Å². The Labute approximate surface area is 152 Å². The standard InChI is InChI=1S/C18H25N3O5/c1-18(2,9-7-16(23)24)20-17(25)19-13-5-4-6-14-12(13)8-10-21(14)15(22)11-26-3/h4-6H,7-11H2,1-3H3,(H,23,24)(H2,19,20,25). The average molecular weight is 363 g/mol. The number of anilines is 2. The quantitative estimate of drug-likeness (QED) is 0.687. The largest absolute Gasteiger partial charge is 0.481 e. The van der Waals surface area contributed by atoms with E-state index in [1.54, 1.807) is 30.9 Å². The molecule has 0 saturated carbocycles. The van der Waals surface area contributed by atoms with Gasteiger partial charge in [0, 0.05) is 42.6 Å². The molecule has 8 nitrogen and oxygen atoms in total. The highest BCUT2D eigenvalue weighted by Gasteiger charge is 2.27. The van der Waals surface area contributed by atoms with E-state index < -0.39 is 17.5 Å². The first-order valence-corrected chi connectivity index (χ1v) is 8.45. The molecule has 1 heterocycles. The van der Waals surface area contributed by atoms with Gasteiger partial charge in [0.25, 0.3) is 5.91 Å². The molecule has 0 unspecified atom stereocenters. The molecule has 0 aromatic heterocycles. The monoisotopic (exact) mass is 363 g/mol. The number of fused-ring (bicyclic) bond motifs is 1. The lowest BCUT2D eigenvalue weighted by Crippen LogP contribution is -2.45. The van der Waals surface area contributed by atoms with Crippen molar-refractivity contribution >= 4 is 29.3 Å². The van der Waals surface area contributed by atoms with Crippen LogP contribution in [0.4, 0.5) is 16.2 Å². The topological polar surface area (TPSA) is 108 Å². The summed E-state index contributed by atoms with van der Waals surface area (Å²) in [7, 11) is 1.48. The van der Waals surface area contributed by atoms with Gasteiger partial charge in [-0.1, -0.05) is 6.07 Å². The molecule has 0 fully saturated rings. The molecule has 8 heteroatoms. The molecule has 3 amide bonds. The van der Waals surface area contributed by atoms with Crippen LogP contribution in [0.3, 0.4) is 0 Å². The van der Waals surface area contributed by atoms with E-state index in [1.165, 1.54) is 7.11 Å². The molecular formula is C18H25N3O5. The third-order valence-electron chi connectivity index (χ3n) is 4.26. The lowest BCUT2D eigenvalue weighted by Gasteiger charge is -2.26. The van der Waals surface area contributed by atoms with Crippen molar-refractivity contribution in [2.24, 2.45) is 0 Å². The Bertz CT molecular complexity index is 702. The van der Waals surface area contributed by atoms with Crippen molar-refractivity contribution in [1.82, 2.24) is 5.32 Å². The molecule has 1 aromatic rings. The number of carbonyl (C=O) groups excluding carboxylic acids is 2. The lowest BCUT2D eigenvalue weighted by molar-refractivity contribution is -0.137. The van der Waals surface area contributed by atoms with Gasteiger partial charge >= 0.3 is 12.0 Å². The number of rotatable bonds is 7. The molecule has 0 radical (unpaired) electrons. The maximum atomic E-state index is 12.3. The first kappa shape index (κ1) is 19.7. The minimum absolute atomic E-state index is 0.00927. The Morgan fingerprint density at radius 3 is 2.69 bits per heavy atom. The van der Waals surface area contributed by atoms with Gasteiger partial charge in [-0.3, -0.25) is 9.59 Å². The van der Waals surface area contributed by atoms with Gasteiger partial charge in [0.2, 0.25) is 0 Å². The first-order chi connectivity index (χ1) is 12.2. The molecule has 0 bridgehead atoms. The number of hydrogen-bond acceptors (Lipinski definition) is 4. The van der Waals surface area contributed by atoms with Gasteiger partial charge in [-0.15, -0.1) is 0 Å². The molecule has 1 aliphatic heterocycles. The molecule has 1 aliphatic rings. The van der Waals surface area contributed by atoms with Crippen LogP contribution < -0.4 is 15.5 Å². The van der Waals surface area contributed by atoms with E-state index in [9.17, 15) is 14.4 Å². The second kappa shape index (κ2) is 8.18. The Morgan fingerprint density at radius 1 is 1.31 bits per heavy atom. The van der Waals surface area contributed by atoms with Crippen molar-refractivity contribution in [2.45, 2.75) is 38.6 Å². The number of urea groups is 1. The van der Waals surface area contributed by atoms with Gasteiger partial charge in [0.15, 0.2) is 0 Å². The Kier molecular flexibility index (Phi) is 6.20. The molecule has 0 atom stereocenters. The lowest BCUT2D eigenvalue weighted by atomic mass is 9.99. The smallest absolute Gasteiger partial charge is 0.319 e. The van der Waals surface area contributed by atoms with Crippen LogP contribution in [0.1, 0.15) is 32.3 Å². The average Bonchev–Trinajstić information content (AvgIpc) is 2.98. The number of carbonyl (C=O) groups is 3. The summed E-state index contributed by atoms with van der Waals surface area (Å²) in [5.74, 6) is -1.02. The number of amides is 3. The first-order valence-electron chi connectivity index (χ1n) is 8.45. The molecule has 1 aromatic carbocycles. The van der Waals surface area contributed by atoms with Gasteiger partial charge in [0.1, 0.15) is 6.61 Å². The van der Waals surface area contributed by atoms with Crippen molar-refractivity contribution in [1.29, 1.82) is 0 Å². The number of benzene rings is 1. The summed E-state index contributed by atoms with van der Waals surface area (Å²) in [6.45, 7) is 4.10. The molecular weight excluding hydrogens is 338 g/mol. The fraction of sp³-hybridized carbons (Fsp3) is 0.500. The molecule has 0 spiro atoms. The van der Waals surface area contributed by atoms with Crippen LogP contribution in [-0.2, 0) is 20.7 Å². The predicted octanol–water partition coefficient (Wildman–Crippen LogP) is 1.99. The molecule has 3 N–H and O–H groups in total. The maximum Gasteiger partial charge on any atom is 0.319 e. The highest BCUT2D eigenvalue weighted by molar-refractivity contribution is 5.99. The zero-order chi connectivity index (χ0) is 19.3. The summed E-state index contributed by atoms with van der Waals surface area (Å²) in [6.07, 6.45) is 0.941. The van der Waals surface area contributed by atoms with E-state index >= 15 is 0 Å². The summed E-state index contributed by atoms with van der Waals surface area (Å²) >= 11 is 0. The summed E-state index contributed by atoms with van der Waals surface area (Å²) in [6, 6.07) is 5.00. The zero-order valence-corrected chi connectivity index (χ0v) is 15.3. The van der Waals surface area contributed by atoms with Crippen molar-refractivity contribution < 1.29 is 24.2 Å². The van der Waals surface area contributed by atoms with Crippen LogP contribution in [0, 0.1) is 0 Å². The highest BCUT2D eigenvalue weighted by atomic mass is 16.5. The zero-order valence-electron chi connectivity index (χ0n) is 15.3. The van der Waals surface area contributed by atoms with Crippen LogP contribution in [0.15, 0.2) is 18.2 Å². The van der Waals surface area contributed by atoms with E-state index in [4.69, 9.17) is 9.84 Å². The van der Waals surface area contributed by atoms with E-state index in [0.29, 0.717) is 25.1 Å². The van der Waals surface area contributed by atoms with Crippen LogP contribution in [0.2, 0.25) is 0 Å². The van der Waals surface area contributed by atoms with Crippen molar-refractivity contribution in [3.8, 4) is 0 Å². The van der Waals surface area contributed by atoms with Crippen LogP contribution >= 0.6 is 0 Å². The van der Waals surface area contributed by atoms with Gasteiger partial charge in [-0.05, 0) is 38.8 Å². The number of methoxy groups -OCH3 is 1. The van der Waals surface area contributed by atoms with Gasteiger partial charge in [-0.25, -0.2) is 4.79 Å². The Hall–Kier alpha value is -2.61. The fourth-order valence-electron chi connectivity index (χ4n) is 2.95. The Morgan fingerprint density at radius 2 is 2.04 bits per heavy atom. The van der Waals surface area contributed by atoms with Crippen molar-refractivity contribution in [3.05, 3.63) is 23.8 Å². The van der Waals surface area contributed by atoms with Crippen LogP contribution in [0.25, 0.3) is 0 Å². The highest BCUT2D eigenvalue weighted by Crippen LogP contribution is 2.33. The number of aliphatic carboxylic acids is 1. The molecule has 2 rings (SSSR count). The number of nitrogens with one attached hydrogen (secondary N) is 2. The normalized spacial score (nSPS) is 13.3. The molecule has 0 saturated heterocycles. The van der Waals surface area contributed by atoms with E-state index in [2.05, 4.69) is 10.6 Å². The summed E-state index contributed by atoms with van der Waals surface area (Å²) in [4.78, 5) is 36.8. The number of hydrogen-bond donors (Lipinski definition) is 3. The Balaban J connectivity index is 2.06. The van der Waals surface area contributed by atoms with Crippen LogP contribution in [-0.4, -0.2) is 48.8 Å². The number of nitrogens with zero attached hydrogens (tertiary/aromatic N) is 1. The van der Waals surface area contributed by atoms with Gasteiger partial charge in [-0.2, -0.15) is 0 Å². The molecule has 26 heavy (non-hydrogen) atoms. The minimum atomic E-state index is -0.901.